The van der Waals surface area contributed by atoms with Gasteiger partial charge >= 0.3 is 6.03 Å². The molecule has 0 radical (unpaired) electrons. The molecule has 3 amide bonds. The molecule has 188 valence electrons. The van der Waals surface area contributed by atoms with Gasteiger partial charge in [0.1, 0.15) is 0 Å². The van der Waals surface area contributed by atoms with Crippen molar-refractivity contribution in [2.45, 2.75) is 52.2 Å². The number of nitrogens with zero attached hydrogens (tertiary/aromatic N) is 3. The van der Waals surface area contributed by atoms with Crippen molar-refractivity contribution in [1.82, 2.24) is 20.0 Å². The lowest BCUT2D eigenvalue weighted by Gasteiger charge is -2.37. The van der Waals surface area contributed by atoms with Crippen LogP contribution in [0.3, 0.4) is 0 Å². The van der Waals surface area contributed by atoms with Crippen molar-refractivity contribution in [3.05, 3.63) is 94.2 Å². The van der Waals surface area contributed by atoms with E-state index in [1.807, 2.05) is 11.0 Å². The number of benzene rings is 2. The zero-order valence-electron chi connectivity index (χ0n) is 21.6. The van der Waals surface area contributed by atoms with E-state index in [9.17, 15) is 9.59 Å². The third kappa shape index (κ3) is 4.46. The molecule has 36 heavy (non-hydrogen) atoms. The van der Waals surface area contributed by atoms with Gasteiger partial charge in [-0.2, -0.15) is 0 Å². The molecule has 2 aromatic carbocycles. The summed E-state index contributed by atoms with van der Waals surface area (Å²) < 4.78 is 0. The predicted octanol–water partition coefficient (Wildman–Crippen LogP) is 4.63. The summed E-state index contributed by atoms with van der Waals surface area (Å²) >= 11 is 0. The van der Waals surface area contributed by atoms with Crippen molar-refractivity contribution in [2.24, 2.45) is 0 Å². The maximum Gasteiger partial charge on any atom is 0.322 e. The first-order chi connectivity index (χ1) is 17.4. The van der Waals surface area contributed by atoms with Crippen molar-refractivity contribution in [2.75, 3.05) is 26.2 Å². The molecule has 1 unspecified atom stereocenters. The summed E-state index contributed by atoms with van der Waals surface area (Å²) in [5.41, 5.74) is 7.34. The molecule has 1 saturated heterocycles. The molecule has 0 saturated carbocycles. The van der Waals surface area contributed by atoms with E-state index in [4.69, 9.17) is 0 Å². The maximum absolute atomic E-state index is 14.0. The minimum Gasteiger partial charge on any atom is -0.330 e. The number of amides is 3. The molecule has 0 spiro atoms. The molecule has 5 rings (SSSR count). The first-order valence-electron chi connectivity index (χ1n) is 12.9. The van der Waals surface area contributed by atoms with Gasteiger partial charge in [0.2, 0.25) is 0 Å². The second-order valence-electron chi connectivity index (χ2n) is 10.4. The highest BCUT2D eigenvalue weighted by Gasteiger charge is 2.46. The summed E-state index contributed by atoms with van der Waals surface area (Å²) in [6.45, 7) is 13.8. The highest BCUT2D eigenvalue weighted by molar-refractivity contribution is 6.01. The normalized spacial score (nSPS) is 21.1. The first-order valence-corrected chi connectivity index (χ1v) is 12.9. The van der Waals surface area contributed by atoms with Crippen LogP contribution in [-0.4, -0.2) is 58.9 Å². The molecule has 1 atom stereocenters. The fourth-order valence-corrected chi connectivity index (χ4v) is 5.89. The van der Waals surface area contributed by atoms with E-state index >= 15 is 0 Å². The largest absolute Gasteiger partial charge is 0.330 e. The number of urea groups is 1. The predicted molar refractivity (Wildman–Crippen MR) is 142 cm³/mol. The molecule has 3 heterocycles. The molecule has 0 aliphatic carbocycles. The van der Waals surface area contributed by atoms with Crippen LogP contribution in [0.2, 0.25) is 0 Å². The van der Waals surface area contributed by atoms with Crippen molar-refractivity contribution >= 4 is 11.9 Å². The first kappa shape index (κ1) is 24.3. The number of nitrogens with one attached hydrogen (secondary N) is 1. The Morgan fingerprint density at radius 2 is 1.69 bits per heavy atom. The molecule has 2 aromatic rings. The highest BCUT2D eigenvalue weighted by Crippen LogP contribution is 2.39. The summed E-state index contributed by atoms with van der Waals surface area (Å²) in [4.78, 5) is 33.3. The molecule has 6 nitrogen and oxygen atoms in total. The van der Waals surface area contributed by atoms with Gasteiger partial charge in [0.05, 0.1) is 23.9 Å². The molecule has 0 aromatic heterocycles. The highest BCUT2D eigenvalue weighted by atomic mass is 16.2. The maximum atomic E-state index is 14.0. The van der Waals surface area contributed by atoms with E-state index in [1.54, 1.807) is 11.0 Å². The number of carbonyl (C=O) groups excluding carboxylic acids is 2. The summed E-state index contributed by atoms with van der Waals surface area (Å²) in [6.07, 6.45) is 3.60. The Bertz CT molecular complexity index is 1210. The summed E-state index contributed by atoms with van der Waals surface area (Å²) in [6, 6.07) is 14.4. The monoisotopic (exact) mass is 484 g/mol. The van der Waals surface area contributed by atoms with Crippen LogP contribution in [0.15, 0.2) is 66.4 Å². The third-order valence-electron chi connectivity index (χ3n) is 8.00. The number of hydrogen-bond acceptors (Lipinski definition) is 3. The molecule has 0 bridgehead atoms. The van der Waals surface area contributed by atoms with Crippen molar-refractivity contribution < 1.29 is 9.59 Å². The number of piperidine rings is 1. The lowest BCUT2D eigenvalue weighted by atomic mass is 9.89. The molecular formula is C30H36N4O2. The van der Waals surface area contributed by atoms with Crippen LogP contribution >= 0.6 is 0 Å². The molecular weight excluding hydrogens is 448 g/mol. The summed E-state index contributed by atoms with van der Waals surface area (Å²) in [5.74, 6) is 0.0585. The van der Waals surface area contributed by atoms with E-state index in [0.29, 0.717) is 13.1 Å². The number of rotatable bonds is 6. The molecule has 3 aliphatic heterocycles. The smallest absolute Gasteiger partial charge is 0.322 e. The SMILES string of the molecule is C=CCN1C(=O)NC(c2cc(C)c(C)cc2C)C2=C1CN(C1CCN(Cc3ccccc3)CC1)C2=O. The van der Waals surface area contributed by atoms with Crippen LogP contribution < -0.4 is 5.32 Å². The quantitative estimate of drug-likeness (QED) is 0.609. The number of likely N-dealkylation sites (tertiary alicyclic amines) is 1. The fraction of sp³-hybridized carbons (Fsp3) is 0.400. The van der Waals surface area contributed by atoms with Crippen LogP contribution in [-0.2, 0) is 11.3 Å². The molecule has 1 fully saturated rings. The van der Waals surface area contributed by atoms with E-state index in [-0.39, 0.29) is 18.0 Å². The van der Waals surface area contributed by atoms with Gasteiger partial charge in [-0.1, -0.05) is 48.5 Å². The Balaban J connectivity index is 1.38. The zero-order valence-corrected chi connectivity index (χ0v) is 21.6. The number of aryl methyl sites for hydroxylation is 3. The Morgan fingerprint density at radius 1 is 1.00 bits per heavy atom. The second kappa shape index (κ2) is 9.94. The van der Waals surface area contributed by atoms with E-state index < -0.39 is 6.04 Å². The van der Waals surface area contributed by atoms with Crippen LogP contribution in [0.5, 0.6) is 0 Å². The van der Waals surface area contributed by atoms with Gasteiger partial charge in [-0.25, -0.2) is 4.79 Å². The minimum absolute atomic E-state index is 0.0585. The van der Waals surface area contributed by atoms with Gasteiger partial charge in [-0.15, -0.1) is 6.58 Å². The van der Waals surface area contributed by atoms with E-state index in [0.717, 1.165) is 60.4 Å². The topological polar surface area (TPSA) is 55.9 Å². The Morgan fingerprint density at radius 3 is 2.39 bits per heavy atom. The average Bonchev–Trinajstić information content (AvgIpc) is 3.21. The Hall–Kier alpha value is -3.38. The Labute approximate surface area is 214 Å². The van der Waals surface area contributed by atoms with Gasteiger partial charge in [-0.05, 0) is 61.4 Å². The van der Waals surface area contributed by atoms with Crippen LogP contribution in [0, 0.1) is 20.8 Å². The standard InChI is InChI=1S/C30H36N4O2/c1-5-13-33-26-19-34(24-11-14-32(15-12-24)18-23-9-7-6-8-10-23)29(35)27(26)28(31-30(33)36)25-17-21(3)20(2)16-22(25)4/h5-10,16-17,24,28H,1,11-15,18-19H2,2-4H3,(H,31,36). The van der Waals surface area contributed by atoms with Crippen LogP contribution in [0.25, 0.3) is 0 Å². The van der Waals surface area contributed by atoms with E-state index in [1.165, 1.54) is 11.1 Å². The third-order valence-corrected chi connectivity index (χ3v) is 8.00. The summed E-state index contributed by atoms with van der Waals surface area (Å²) in [5, 5.41) is 3.14. The van der Waals surface area contributed by atoms with E-state index in [2.05, 4.69) is 74.0 Å². The van der Waals surface area contributed by atoms with Gasteiger partial charge in [0.15, 0.2) is 0 Å². The Kier molecular flexibility index (Phi) is 6.71. The lowest BCUT2D eigenvalue weighted by molar-refractivity contribution is -0.128. The van der Waals surface area contributed by atoms with Crippen molar-refractivity contribution in [3.63, 3.8) is 0 Å². The second-order valence-corrected chi connectivity index (χ2v) is 10.4. The van der Waals surface area contributed by atoms with Gasteiger partial charge in [0, 0.05) is 32.2 Å². The lowest BCUT2D eigenvalue weighted by Crippen LogP contribution is -2.47. The fourth-order valence-electron chi connectivity index (χ4n) is 5.89. The van der Waals surface area contributed by atoms with Crippen molar-refractivity contribution in [1.29, 1.82) is 0 Å². The minimum atomic E-state index is -0.427. The average molecular weight is 485 g/mol. The van der Waals surface area contributed by atoms with Crippen LogP contribution in [0.4, 0.5) is 4.79 Å². The number of hydrogen-bond donors (Lipinski definition) is 1. The van der Waals surface area contributed by atoms with Gasteiger partial charge in [0.25, 0.3) is 5.91 Å². The van der Waals surface area contributed by atoms with Crippen molar-refractivity contribution in [3.8, 4) is 0 Å². The molecule has 3 aliphatic rings. The number of carbonyl (C=O) groups is 2. The van der Waals surface area contributed by atoms with Gasteiger partial charge < -0.3 is 10.2 Å². The summed E-state index contributed by atoms with van der Waals surface area (Å²) in [7, 11) is 0. The zero-order chi connectivity index (χ0) is 25.4. The molecule has 1 N–H and O–H groups in total. The molecule has 6 heteroatoms. The van der Waals surface area contributed by atoms with Gasteiger partial charge in [-0.3, -0.25) is 14.6 Å². The van der Waals surface area contributed by atoms with Crippen LogP contribution in [0.1, 0.15) is 46.7 Å².